The van der Waals surface area contributed by atoms with Gasteiger partial charge in [0.15, 0.2) is 5.69 Å². The molecule has 0 bridgehead atoms. The zero-order valence-electron chi connectivity index (χ0n) is 21.3. The predicted octanol–water partition coefficient (Wildman–Crippen LogP) is 7.77. The lowest BCUT2D eigenvalue weighted by Gasteiger charge is -2.23. The second kappa shape index (κ2) is 11.4. The number of benzene rings is 3. The first-order valence-corrected chi connectivity index (χ1v) is 13.9. The van der Waals surface area contributed by atoms with Gasteiger partial charge < -0.3 is 10.2 Å². The minimum Gasteiger partial charge on any atom is -0.369 e. The fourth-order valence-corrected chi connectivity index (χ4v) is 5.68. The zero-order valence-corrected chi connectivity index (χ0v) is 23.6. The molecule has 2 heterocycles. The Kier molecular flexibility index (Phi) is 7.98. The van der Waals surface area contributed by atoms with Crippen molar-refractivity contribution < 1.29 is 4.79 Å². The van der Waals surface area contributed by atoms with Gasteiger partial charge in [0.2, 0.25) is 0 Å². The van der Waals surface area contributed by atoms with Crippen LogP contribution in [-0.2, 0) is 6.42 Å². The van der Waals surface area contributed by atoms with Gasteiger partial charge >= 0.3 is 0 Å². The smallest absolute Gasteiger partial charge is 0.272 e. The summed E-state index contributed by atoms with van der Waals surface area (Å²) < 4.78 is 1.70. The number of carbonyl (C=O) groups excluding carboxylic acids is 1. The molecule has 1 aromatic heterocycles. The van der Waals surface area contributed by atoms with Crippen molar-refractivity contribution in [1.82, 2.24) is 15.1 Å². The fourth-order valence-electron chi connectivity index (χ4n) is 5.06. The number of halogens is 3. The lowest BCUT2D eigenvalue weighted by Crippen LogP contribution is -2.27. The van der Waals surface area contributed by atoms with Crippen LogP contribution >= 0.6 is 34.8 Å². The van der Waals surface area contributed by atoms with Crippen LogP contribution in [0, 0.1) is 6.92 Å². The number of amides is 1. The van der Waals surface area contributed by atoms with E-state index in [9.17, 15) is 4.79 Å². The molecule has 4 aromatic rings. The largest absolute Gasteiger partial charge is 0.369 e. The summed E-state index contributed by atoms with van der Waals surface area (Å²) in [6, 6.07) is 21.9. The summed E-state index contributed by atoms with van der Waals surface area (Å²) >= 11 is 18.8. The fraction of sp³-hybridized carbons (Fsp3) is 0.267. The van der Waals surface area contributed by atoms with Gasteiger partial charge in [-0.2, -0.15) is 5.10 Å². The normalized spacial score (nSPS) is 15.2. The number of anilines is 1. The van der Waals surface area contributed by atoms with Gasteiger partial charge in [-0.05, 0) is 81.1 Å². The number of nitrogens with one attached hydrogen (secondary N) is 1. The Labute approximate surface area is 238 Å². The molecule has 0 unspecified atom stereocenters. The van der Waals surface area contributed by atoms with E-state index in [1.807, 2.05) is 31.2 Å². The lowest BCUT2D eigenvalue weighted by atomic mass is 10.1. The lowest BCUT2D eigenvalue weighted by molar-refractivity contribution is 0.0948. The van der Waals surface area contributed by atoms with Gasteiger partial charge in [0.1, 0.15) is 0 Å². The van der Waals surface area contributed by atoms with E-state index in [1.165, 1.54) is 24.1 Å². The van der Waals surface area contributed by atoms with Crippen molar-refractivity contribution in [1.29, 1.82) is 0 Å². The first-order chi connectivity index (χ1) is 18.3. The van der Waals surface area contributed by atoms with Crippen LogP contribution in [0.5, 0.6) is 0 Å². The maximum Gasteiger partial charge on any atom is 0.272 e. The highest BCUT2D eigenvalue weighted by Crippen LogP contribution is 2.33. The molecular formula is C30H29Cl3N4O. The molecule has 1 N–H and O–H groups in total. The molecular weight excluding hydrogens is 539 g/mol. The highest BCUT2D eigenvalue weighted by molar-refractivity contribution is 6.35. The molecule has 1 atom stereocenters. The van der Waals surface area contributed by atoms with Gasteiger partial charge in [-0.25, -0.2) is 4.68 Å². The Morgan fingerprint density at radius 3 is 2.37 bits per heavy atom. The number of hydrogen-bond donors (Lipinski definition) is 1. The molecule has 1 amide bonds. The van der Waals surface area contributed by atoms with Crippen LogP contribution < -0.4 is 10.2 Å². The summed E-state index contributed by atoms with van der Waals surface area (Å²) in [5.74, 6) is -0.232. The topological polar surface area (TPSA) is 50.2 Å². The summed E-state index contributed by atoms with van der Waals surface area (Å²) in [6.07, 6.45) is 3.22. The molecule has 38 heavy (non-hydrogen) atoms. The minimum atomic E-state index is -0.232. The number of rotatable bonds is 7. The number of hydrogen-bond acceptors (Lipinski definition) is 3. The Bertz CT molecular complexity index is 1450. The van der Waals surface area contributed by atoms with E-state index in [4.69, 9.17) is 39.9 Å². The van der Waals surface area contributed by atoms with Crippen molar-refractivity contribution in [2.45, 2.75) is 39.2 Å². The summed E-state index contributed by atoms with van der Waals surface area (Å²) in [5, 5.41) is 9.33. The molecule has 1 aliphatic rings. The van der Waals surface area contributed by atoms with E-state index in [1.54, 1.807) is 22.9 Å². The van der Waals surface area contributed by atoms with Crippen LogP contribution in [-0.4, -0.2) is 34.8 Å². The molecule has 5 nitrogen and oxygen atoms in total. The van der Waals surface area contributed by atoms with Gasteiger partial charge in [0.05, 0.1) is 16.4 Å². The Morgan fingerprint density at radius 1 is 1.00 bits per heavy atom. The van der Waals surface area contributed by atoms with Crippen molar-refractivity contribution in [3.63, 3.8) is 0 Å². The molecule has 8 heteroatoms. The quantitative estimate of drug-likeness (QED) is 0.248. The van der Waals surface area contributed by atoms with E-state index in [0.717, 1.165) is 29.8 Å². The predicted molar refractivity (Wildman–Crippen MR) is 157 cm³/mol. The van der Waals surface area contributed by atoms with Crippen molar-refractivity contribution >= 4 is 46.4 Å². The highest BCUT2D eigenvalue weighted by Gasteiger charge is 2.23. The molecule has 3 aromatic carbocycles. The molecule has 196 valence electrons. The van der Waals surface area contributed by atoms with Crippen LogP contribution in [0.1, 0.15) is 41.4 Å². The van der Waals surface area contributed by atoms with Gasteiger partial charge in [-0.15, -0.1) is 0 Å². The molecule has 5 rings (SSSR count). The van der Waals surface area contributed by atoms with Crippen LogP contribution in [0.15, 0.2) is 66.7 Å². The van der Waals surface area contributed by atoms with Gasteiger partial charge in [-0.3, -0.25) is 4.79 Å². The average Bonchev–Trinajstić information content (AvgIpc) is 3.48. The minimum absolute atomic E-state index is 0.232. The SMILES string of the molecule is Cc1c(C(=O)NCCc2ccc(N3CCC[C@@H]3C)cc2)nn(-c2ccc(Cl)cc2Cl)c1-c1ccc(Cl)cc1. The number of carbonyl (C=O) groups is 1. The Hall–Kier alpha value is -2.99. The zero-order chi connectivity index (χ0) is 26.8. The summed E-state index contributed by atoms with van der Waals surface area (Å²) in [5.41, 5.74) is 5.81. The third-order valence-corrected chi connectivity index (χ3v) is 7.90. The first kappa shape index (κ1) is 26.6. The van der Waals surface area contributed by atoms with Gasteiger partial charge in [0.25, 0.3) is 5.91 Å². The van der Waals surface area contributed by atoms with Crippen LogP contribution in [0.3, 0.4) is 0 Å². The molecule has 0 spiro atoms. The van der Waals surface area contributed by atoms with Gasteiger partial charge in [0, 0.05) is 46.0 Å². The monoisotopic (exact) mass is 566 g/mol. The van der Waals surface area contributed by atoms with Crippen molar-refractivity contribution in [3.8, 4) is 16.9 Å². The molecule has 0 saturated carbocycles. The highest BCUT2D eigenvalue weighted by atomic mass is 35.5. The van der Waals surface area contributed by atoms with Crippen molar-refractivity contribution in [3.05, 3.63) is 98.6 Å². The summed E-state index contributed by atoms with van der Waals surface area (Å²) in [7, 11) is 0. The maximum absolute atomic E-state index is 13.3. The van der Waals surface area contributed by atoms with Crippen molar-refractivity contribution in [2.24, 2.45) is 0 Å². The summed E-state index contributed by atoms with van der Waals surface area (Å²) in [6.45, 7) is 5.79. The van der Waals surface area contributed by atoms with Crippen LogP contribution in [0.4, 0.5) is 5.69 Å². The van der Waals surface area contributed by atoms with Crippen molar-refractivity contribution in [2.75, 3.05) is 18.0 Å². The van der Waals surface area contributed by atoms with Crippen LogP contribution in [0.25, 0.3) is 16.9 Å². The number of aromatic nitrogens is 2. The molecule has 1 fully saturated rings. The van der Waals surface area contributed by atoms with Crippen LogP contribution in [0.2, 0.25) is 15.1 Å². The Balaban J connectivity index is 1.35. The van der Waals surface area contributed by atoms with Gasteiger partial charge in [-0.1, -0.05) is 59.1 Å². The van der Waals surface area contributed by atoms with E-state index in [0.29, 0.717) is 39.0 Å². The maximum atomic E-state index is 13.3. The second-order valence-electron chi connectivity index (χ2n) is 9.69. The second-order valence-corrected chi connectivity index (χ2v) is 11.0. The standard InChI is InChI=1S/C30H29Cl3N4O/c1-19-4-3-17-36(19)25-12-5-21(6-13-25)15-16-34-30(38)28-20(2)29(22-7-9-23(31)10-8-22)37(35-28)27-14-11-24(32)18-26(27)33/h5-14,18-19H,3-4,15-17H2,1-2H3,(H,34,38)/t19-/m0/s1. The average molecular weight is 568 g/mol. The van der Waals surface area contributed by atoms with E-state index < -0.39 is 0 Å². The molecule has 0 aliphatic carbocycles. The van der Waals surface area contributed by atoms with E-state index in [2.05, 4.69) is 41.4 Å². The summed E-state index contributed by atoms with van der Waals surface area (Å²) in [4.78, 5) is 15.7. The Morgan fingerprint density at radius 2 is 1.71 bits per heavy atom. The third-order valence-electron chi connectivity index (χ3n) is 7.11. The molecule has 0 radical (unpaired) electrons. The molecule has 1 saturated heterocycles. The van der Waals surface area contributed by atoms with E-state index in [-0.39, 0.29) is 5.91 Å². The third kappa shape index (κ3) is 5.56. The molecule has 1 aliphatic heterocycles. The number of nitrogens with zero attached hydrogens (tertiary/aromatic N) is 3. The first-order valence-electron chi connectivity index (χ1n) is 12.8. The van der Waals surface area contributed by atoms with E-state index >= 15 is 0 Å².